The second kappa shape index (κ2) is 6.16. The lowest BCUT2D eigenvalue weighted by atomic mass is 10.3. The first-order chi connectivity index (χ1) is 10.6. The molecular formula is C13H9BrF4N2O2S. The van der Waals surface area contributed by atoms with E-state index in [0.29, 0.717) is 13.9 Å². The maximum Gasteiger partial charge on any atom is 0.431 e. The Hall–Kier alpha value is -1.55. The van der Waals surface area contributed by atoms with Gasteiger partial charge >= 0.3 is 11.9 Å². The summed E-state index contributed by atoms with van der Waals surface area (Å²) in [6.07, 6.45) is -3.18. The SMILES string of the molecule is CSc1cc(-n2c(=O)cc(C(F)(F)F)n(C)c2=O)c(F)cc1Br. The normalized spacial score (nSPS) is 11.8. The highest BCUT2D eigenvalue weighted by Crippen LogP contribution is 2.30. The van der Waals surface area contributed by atoms with E-state index < -0.39 is 34.6 Å². The third-order valence-corrected chi connectivity index (χ3v) is 4.77. The molecule has 0 atom stereocenters. The van der Waals surface area contributed by atoms with Crippen molar-refractivity contribution in [3.05, 3.63) is 55.0 Å². The van der Waals surface area contributed by atoms with Crippen molar-refractivity contribution in [1.82, 2.24) is 9.13 Å². The second-order valence-electron chi connectivity index (χ2n) is 4.48. The van der Waals surface area contributed by atoms with Gasteiger partial charge in [0.2, 0.25) is 0 Å². The fourth-order valence-corrected chi connectivity index (χ4v) is 3.25. The molecule has 0 fully saturated rings. The van der Waals surface area contributed by atoms with Crippen LogP contribution in [0.4, 0.5) is 17.6 Å². The number of benzene rings is 1. The van der Waals surface area contributed by atoms with E-state index in [0.717, 1.165) is 13.1 Å². The average Bonchev–Trinajstić information content (AvgIpc) is 2.44. The number of thioether (sulfide) groups is 1. The predicted octanol–water partition coefficient (Wildman–Crippen LogP) is 3.18. The first kappa shape index (κ1) is 17.8. The van der Waals surface area contributed by atoms with Crippen molar-refractivity contribution in [2.24, 2.45) is 7.05 Å². The van der Waals surface area contributed by atoms with Crippen molar-refractivity contribution >= 4 is 27.7 Å². The molecule has 0 unspecified atom stereocenters. The molecule has 0 radical (unpaired) electrons. The molecule has 0 amide bonds. The van der Waals surface area contributed by atoms with Gasteiger partial charge < -0.3 is 0 Å². The van der Waals surface area contributed by atoms with Gasteiger partial charge in [-0.05, 0) is 34.3 Å². The molecule has 10 heteroatoms. The summed E-state index contributed by atoms with van der Waals surface area (Å²) in [6.45, 7) is 0. The van der Waals surface area contributed by atoms with Crippen LogP contribution in [-0.2, 0) is 13.2 Å². The molecule has 23 heavy (non-hydrogen) atoms. The monoisotopic (exact) mass is 412 g/mol. The summed E-state index contributed by atoms with van der Waals surface area (Å²) in [5.74, 6) is -0.909. The minimum atomic E-state index is -4.87. The zero-order chi connectivity index (χ0) is 17.5. The van der Waals surface area contributed by atoms with Crippen molar-refractivity contribution in [3.8, 4) is 5.69 Å². The average molecular weight is 413 g/mol. The van der Waals surface area contributed by atoms with Crippen molar-refractivity contribution < 1.29 is 17.6 Å². The minimum Gasteiger partial charge on any atom is -0.292 e. The van der Waals surface area contributed by atoms with Crippen molar-refractivity contribution in [3.63, 3.8) is 0 Å². The zero-order valence-electron chi connectivity index (χ0n) is 11.7. The molecule has 1 aromatic carbocycles. The molecule has 4 nitrogen and oxygen atoms in total. The molecule has 0 saturated heterocycles. The van der Waals surface area contributed by atoms with E-state index >= 15 is 0 Å². The summed E-state index contributed by atoms with van der Waals surface area (Å²) in [6, 6.07) is 2.53. The van der Waals surface area contributed by atoms with Gasteiger partial charge in [0, 0.05) is 22.5 Å². The molecule has 0 aliphatic heterocycles. The fraction of sp³-hybridized carbons (Fsp3) is 0.231. The Kier molecular flexibility index (Phi) is 4.76. The molecule has 1 heterocycles. The number of alkyl halides is 3. The first-order valence-electron chi connectivity index (χ1n) is 6.01. The summed E-state index contributed by atoms with van der Waals surface area (Å²) >= 11 is 4.34. The number of rotatable bonds is 2. The number of aromatic nitrogens is 2. The summed E-state index contributed by atoms with van der Waals surface area (Å²) < 4.78 is 53.6. The molecule has 0 aliphatic rings. The van der Waals surface area contributed by atoms with Crippen molar-refractivity contribution in [2.45, 2.75) is 11.1 Å². The van der Waals surface area contributed by atoms with Crippen LogP contribution in [0, 0.1) is 5.82 Å². The smallest absolute Gasteiger partial charge is 0.292 e. The van der Waals surface area contributed by atoms with E-state index in [4.69, 9.17) is 0 Å². The molecule has 2 rings (SSSR count). The standard InChI is InChI=1S/C13H9BrF4N2O2S/c1-19-10(13(16,17)18)5-11(21)20(12(19)22)8-4-9(23-2)6(14)3-7(8)15/h3-5H,1-2H3. The van der Waals surface area contributed by atoms with E-state index in [-0.39, 0.29) is 10.6 Å². The van der Waals surface area contributed by atoms with Gasteiger partial charge in [-0.1, -0.05) is 0 Å². The highest BCUT2D eigenvalue weighted by molar-refractivity contribution is 9.10. The van der Waals surface area contributed by atoms with E-state index in [9.17, 15) is 27.2 Å². The van der Waals surface area contributed by atoms with Crippen LogP contribution in [0.5, 0.6) is 0 Å². The molecule has 124 valence electrons. The van der Waals surface area contributed by atoms with E-state index in [1.54, 1.807) is 6.26 Å². The van der Waals surface area contributed by atoms with Crippen LogP contribution in [-0.4, -0.2) is 15.4 Å². The molecule has 0 N–H and O–H groups in total. The molecule has 1 aromatic heterocycles. The summed E-state index contributed by atoms with van der Waals surface area (Å²) in [7, 11) is 0.868. The van der Waals surface area contributed by atoms with E-state index in [1.165, 1.54) is 17.8 Å². The largest absolute Gasteiger partial charge is 0.431 e. The van der Waals surface area contributed by atoms with Crippen LogP contribution < -0.4 is 11.2 Å². The third kappa shape index (κ3) is 3.23. The Morgan fingerprint density at radius 1 is 1.17 bits per heavy atom. The number of nitrogens with zero attached hydrogens (tertiary/aromatic N) is 2. The van der Waals surface area contributed by atoms with Gasteiger partial charge in [-0.3, -0.25) is 9.36 Å². The lowest BCUT2D eigenvalue weighted by Gasteiger charge is -2.15. The quantitative estimate of drug-likeness (QED) is 0.561. The second-order valence-corrected chi connectivity index (χ2v) is 6.18. The molecule has 0 aliphatic carbocycles. The lowest BCUT2D eigenvalue weighted by molar-refractivity contribution is -0.144. The Morgan fingerprint density at radius 2 is 1.78 bits per heavy atom. The Bertz CT molecular complexity index is 889. The summed E-state index contributed by atoms with van der Waals surface area (Å²) in [5, 5.41) is 0. The fourth-order valence-electron chi connectivity index (χ4n) is 1.97. The van der Waals surface area contributed by atoms with Gasteiger partial charge in [0.25, 0.3) is 5.56 Å². The van der Waals surface area contributed by atoms with Gasteiger partial charge in [0.15, 0.2) is 0 Å². The Labute approximate surface area is 139 Å². The third-order valence-electron chi connectivity index (χ3n) is 3.07. The van der Waals surface area contributed by atoms with Crippen LogP contribution >= 0.6 is 27.7 Å². The minimum absolute atomic E-state index is 0.266. The van der Waals surface area contributed by atoms with E-state index in [2.05, 4.69) is 15.9 Å². The predicted molar refractivity (Wildman–Crippen MR) is 81.7 cm³/mol. The molecule has 0 saturated carbocycles. The number of hydrogen-bond donors (Lipinski definition) is 0. The Balaban J connectivity index is 2.84. The van der Waals surface area contributed by atoms with Gasteiger partial charge in [-0.15, -0.1) is 11.8 Å². The number of halogens is 5. The summed E-state index contributed by atoms with van der Waals surface area (Å²) in [4.78, 5) is 24.6. The molecule has 2 aromatic rings. The van der Waals surface area contributed by atoms with Crippen LogP contribution in [0.25, 0.3) is 5.69 Å². The van der Waals surface area contributed by atoms with Gasteiger partial charge in [0.1, 0.15) is 11.5 Å². The maximum absolute atomic E-state index is 14.1. The van der Waals surface area contributed by atoms with Gasteiger partial charge in [-0.25, -0.2) is 13.8 Å². The van der Waals surface area contributed by atoms with Crippen LogP contribution in [0.2, 0.25) is 0 Å². The number of hydrogen-bond acceptors (Lipinski definition) is 3. The zero-order valence-corrected chi connectivity index (χ0v) is 14.1. The van der Waals surface area contributed by atoms with Crippen LogP contribution in [0.15, 0.2) is 37.2 Å². The van der Waals surface area contributed by atoms with Crippen LogP contribution in [0.3, 0.4) is 0 Å². The molecular weight excluding hydrogens is 404 g/mol. The van der Waals surface area contributed by atoms with Crippen molar-refractivity contribution in [2.75, 3.05) is 6.26 Å². The molecule has 0 bridgehead atoms. The highest BCUT2D eigenvalue weighted by Gasteiger charge is 2.35. The van der Waals surface area contributed by atoms with Gasteiger partial charge in [-0.2, -0.15) is 13.2 Å². The van der Waals surface area contributed by atoms with Crippen molar-refractivity contribution in [1.29, 1.82) is 0 Å². The van der Waals surface area contributed by atoms with Gasteiger partial charge in [0.05, 0.1) is 5.69 Å². The highest BCUT2D eigenvalue weighted by atomic mass is 79.9. The maximum atomic E-state index is 14.1. The van der Waals surface area contributed by atoms with E-state index in [1.807, 2.05) is 0 Å². The van der Waals surface area contributed by atoms with Crippen LogP contribution in [0.1, 0.15) is 5.69 Å². The first-order valence-corrected chi connectivity index (χ1v) is 8.03. The summed E-state index contributed by atoms with van der Waals surface area (Å²) in [5.41, 5.74) is -4.34. The molecule has 0 spiro atoms. The topological polar surface area (TPSA) is 44.0 Å². The Morgan fingerprint density at radius 3 is 2.30 bits per heavy atom. The lowest BCUT2D eigenvalue weighted by Crippen LogP contribution is -2.41.